The largest absolute Gasteiger partial charge is 0.488 e. The highest BCUT2D eigenvalue weighted by Gasteiger charge is 2.22. The van der Waals surface area contributed by atoms with Gasteiger partial charge < -0.3 is 15.2 Å². The van der Waals surface area contributed by atoms with Crippen molar-refractivity contribution in [2.24, 2.45) is 0 Å². The maximum Gasteiger partial charge on any atom is 0.346 e. The second-order valence-electron chi connectivity index (χ2n) is 4.76. The summed E-state index contributed by atoms with van der Waals surface area (Å²) >= 11 is 1.26. The summed E-state index contributed by atoms with van der Waals surface area (Å²) in [6.45, 7) is 1.27. The van der Waals surface area contributed by atoms with Gasteiger partial charge in [0.25, 0.3) is 0 Å². The van der Waals surface area contributed by atoms with Gasteiger partial charge in [0.15, 0.2) is 0 Å². The van der Waals surface area contributed by atoms with E-state index in [2.05, 4.69) is 11.4 Å². The van der Waals surface area contributed by atoms with Crippen LogP contribution in [0.5, 0.6) is 5.75 Å². The van der Waals surface area contributed by atoms with E-state index in [1.807, 2.05) is 29.6 Å². The average Bonchev–Trinajstić information content (AvgIpc) is 3.04. The summed E-state index contributed by atoms with van der Waals surface area (Å²) in [4.78, 5) is 11.4. The van der Waals surface area contributed by atoms with Crippen molar-refractivity contribution in [1.29, 1.82) is 0 Å². The van der Waals surface area contributed by atoms with Crippen molar-refractivity contribution < 1.29 is 14.6 Å². The van der Waals surface area contributed by atoms with E-state index in [0.717, 1.165) is 17.7 Å². The van der Waals surface area contributed by atoms with Crippen molar-refractivity contribution in [1.82, 2.24) is 5.32 Å². The molecule has 2 aromatic rings. The Kier molecular flexibility index (Phi) is 3.71. The Morgan fingerprint density at radius 3 is 3.05 bits per heavy atom. The van der Waals surface area contributed by atoms with Gasteiger partial charge >= 0.3 is 5.97 Å². The number of carboxylic acid groups (broad SMARTS) is 1. The third-order valence-corrected chi connectivity index (χ3v) is 4.29. The van der Waals surface area contributed by atoms with E-state index in [-0.39, 0.29) is 6.10 Å². The third-order valence-electron chi connectivity index (χ3n) is 3.34. The highest BCUT2D eigenvalue weighted by Crippen LogP contribution is 2.27. The van der Waals surface area contributed by atoms with Crippen molar-refractivity contribution in [3.63, 3.8) is 0 Å². The number of para-hydroxylation sites is 1. The second-order valence-corrected chi connectivity index (χ2v) is 5.68. The second kappa shape index (κ2) is 5.64. The van der Waals surface area contributed by atoms with Crippen molar-refractivity contribution in [2.75, 3.05) is 6.54 Å². The van der Waals surface area contributed by atoms with Crippen LogP contribution in [0.15, 0.2) is 35.7 Å². The fourth-order valence-electron chi connectivity index (χ4n) is 2.40. The summed E-state index contributed by atoms with van der Waals surface area (Å²) in [5, 5.41) is 14.1. The smallest absolute Gasteiger partial charge is 0.346 e. The molecule has 0 radical (unpaired) electrons. The fraction of sp³-hybridized carbons (Fsp3) is 0.267. The molecule has 0 amide bonds. The molecule has 0 saturated carbocycles. The Morgan fingerprint density at radius 2 is 2.25 bits per heavy atom. The van der Waals surface area contributed by atoms with Crippen LogP contribution in [0.25, 0.3) is 0 Å². The fourth-order valence-corrected chi connectivity index (χ4v) is 3.16. The minimum absolute atomic E-state index is 0.124. The van der Waals surface area contributed by atoms with Crippen molar-refractivity contribution in [3.05, 3.63) is 51.7 Å². The Hall–Kier alpha value is -1.85. The molecule has 1 aromatic heterocycles. The lowest BCUT2D eigenvalue weighted by Crippen LogP contribution is -2.29. The van der Waals surface area contributed by atoms with E-state index >= 15 is 0 Å². The van der Waals surface area contributed by atoms with Gasteiger partial charge in [-0.05, 0) is 28.6 Å². The molecule has 0 bridgehead atoms. The van der Waals surface area contributed by atoms with Gasteiger partial charge in [-0.25, -0.2) is 4.79 Å². The molecule has 5 heteroatoms. The molecule has 0 spiro atoms. The zero-order chi connectivity index (χ0) is 13.9. The molecule has 1 atom stereocenters. The predicted octanol–water partition coefficient (Wildman–Crippen LogP) is 2.54. The molecule has 3 rings (SSSR count). The zero-order valence-electron chi connectivity index (χ0n) is 10.8. The molecule has 1 unspecified atom stereocenters. The number of nitrogens with one attached hydrogen (secondary N) is 1. The van der Waals surface area contributed by atoms with Crippen LogP contribution in [0.1, 0.15) is 20.8 Å². The van der Waals surface area contributed by atoms with Gasteiger partial charge in [0.2, 0.25) is 0 Å². The summed E-state index contributed by atoms with van der Waals surface area (Å²) in [7, 11) is 0. The van der Waals surface area contributed by atoms with Crippen LogP contribution in [0.3, 0.4) is 0 Å². The number of fused-ring (bicyclic) bond motifs is 1. The standard InChI is InChI=1S/C15H15NO3S/c17-15(18)14-11(5-6-20-14)8-16-9-12-7-10-3-1-2-4-13(10)19-12/h1-6,12,16H,7-9H2,(H,17,18). The Bertz CT molecular complexity index is 598. The molecule has 20 heavy (non-hydrogen) atoms. The van der Waals surface area contributed by atoms with Crippen LogP contribution in [-0.4, -0.2) is 23.7 Å². The number of thiophene rings is 1. The van der Waals surface area contributed by atoms with Gasteiger partial charge in [-0.3, -0.25) is 0 Å². The van der Waals surface area contributed by atoms with Gasteiger partial charge in [0.1, 0.15) is 16.7 Å². The quantitative estimate of drug-likeness (QED) is 0.888. The van der Waals surface area contributed by atoms with E-state index < -0.39 is 5.97 Å². The maximum atomic E-state index is 11.0. The van der Waals surface area contributed by atoms with Crippen LogP contribution in [0.2, 0.25) is 0 Å². The minimum Gasteiger partial charge on any atom is -0.488 e. The molecule has 1 aromatic carbocycles. The molecule has 1 aliphatic heterocycles. The molecular formula is C15H15NO3S. The van der Waals surface area contributed by atoms with Crippen LogP contribution < -0.4 is 10.1 Å². The number of rotatable bonds is 5. The highest BCUT2D eigenvalue weighted by molar-refractivity contribution is 7.12. The Labute approximate surface area is 121 Å². The van der Waals surface area contributed by atoms with Gasteiger partial charge in [-0.2, -0.15) is 0 Å². The van der Waals surface area contributed by atoms with Crippen LogP contribution in [0, 0.1) is 0 Å². The lowest BCUT2D eigenvalue weighted by atomic mass is 10.1. The summed E-state index contributed by atoms with van der Waals surface area (Å²) < 4.78 is 5.83. The van der Waals surface area contributed by atoms with Crippen LogP contribution >= 0.6 is 11.3 Å². The van der Waals surface area contributed by atoms with Gasteiger partial charge in [0, 0.05) is 19.5 Å². The monoisotopic (exact) mass is 289 g/mol. The molecule has 0 fully saturated rings. The van der Waals surface area contributed by atoms with Crippen molar-refractivity contribution in [3.8, 4) is 5.75 Å². The molecule has 4 nitrogen and oxygen atoms in total. The number of carboxylic acids is 1. The third kappa shape index (κ3) is 2.69. The minimum atomic E-state index is -0.860. The predicted molar refractivity (Wildman–Crippen MR) is 77.5 cm³/mol. The first-order valence-corrected chi connectivity index (χ1v) is 7.37. The number of hydrogen-bond donors (Lipinski definition) is 2. The van der Waals surface area contributed by atoms with Gasteiger partial charge in [-0.1, -0.05) is 18.2 Å². The molecule has 2 N–H and O–H groups in total. The number of ether oxygens (including phenoxy) is 1. The number of hydrogen-bond acceptors (Lipinski definition) is 4. The van der Waals surface area contributed by atoms with Gasteiger partial charge in [-0.15, -0.1) is 11.3 Å². The summed E-state index contributed by atoms with van der Waals surface area (Å²) in [5.41, 5.74) is 2.07. The van der Waals surface area contributed by atoms with E-state index in [4.69, 9.17) is 9.84 Å². The van der Waals surface area contributed by atoms with Gasteiger partial charge in [0.05, 0.1) is 0 Å². The van der Waals surface area contributed by atoms with Crippen molar-refractivity contribution >= 4 is 17.3 Å². The van der Waals surface area contributed by atoms with Crippen LogP contribution in [0.4, 0.5) is 0 Å². The molecule has 1 aliphatic rings. The molecule has 0 saturated heterocycles. The van der Waals surface area contributed by atoms with E-state index in [1.165, 1.54) is 16.9 Å². The van der Waals surface area contributed by atoms with Crippen LogP contribution in [-0.2, 0) is 13.0 Å². The lowest BCUT2D eigenvalue weighted by molar-refractivity contribution is 0.0701. The van der Waals surface area contributed by atoms with Crippen molar-refractivity contribution in [2.45, 2.75) is 19.1 Å². The molecule has 0 aliphatic carbocycles. The molecular weight excluding hydrogens is 274 g/mol. The first-order valence-electron chi connectivity index (χ1n) is 6.49. The average molecular weight is 289 g/mol. The summed E-state index contributed by atoms with van der Waals surface area (Å²) in [6.07, 6.45) is 1.03. The first-order chi connectivity index (χ1) is 9.74. The summed E-state index contributed by atoms with van der Waals surface area (Å²) in [6, 6.07) is 9.90. The first kappa shape index (κ1) is 13.1. The number of carbonyl (C=O) groups is 1. The SMILES string of the molecule is O=C(O)c1sccc1CNCC1Cc2ccccc2O1. The maximum absolute atomic E-state index is 11.0. The summed E-state index contributed by atoms with van der Waals surface area (Å²) in [5.74, 6) is 0.0994. The topological polar surface area (TPSA) is 58.6 Å². The number of aromatic carboxylic acids is 1. The highest BCUT2D eigenvalue weighted by atomic mass is 32.1. The molecule has 104 valence electrons. The Balaban J connectivity index is 1.52. The lowest BCUT2D eigenvalue weighted by Gasteiger charge is -2.11. The Morgan fingerprint density at radius 1 is 1.40 bits per heavy atom. The van der Waals surface area contributed by atoms with E-state index in [0.29, 0.717) is 18.0 Å². The molecule has 2 heterocycles. The normalized spacial score (nSPS) is 16.7. The number of benzene rings is 1. The van der Waals surface area contributed by atoms with E-state index in [1.54, 1.807) is 0 Å². The van der Waals surface area contributed by atoms with E-state index in [9.17, 15) is 4.79 Å². The zero-order valence-corrected chi connectivity index (χ0v) is 11.7.